The van der Waals surface area contributed by atoms with Crippen LogP contribution in [-0.2, 0) is 24.2 Å². The third-order valence-electron chi connectivity index (χ3n) is 6.35. The Hall–Kier alpha value is -3.62. The van der Waals surface area contributed by atoms with Crippen molar-refractivity contribution in [3.8, 4) is 11.5 Å². The van der Waals surface area contributed by atoms with E-state index in [1.807, 2.05) is 35.0 Å². The van der Waals surface area contributed by atoms with Crippen molar-refractivity contribution in [1.29, 1.82) is 0 Å². The van der Waals surface area contributed by atoms with Crippen molar-refractivity contribution in [2.24, 2.45) is 0 Å². The molecule has 3 heterocycles. The molecule has 1 unspecified atom stereocenters. The number of nitrogens with one attached hydrogen (secondary N) is 1. The van der Waals surface area contributed by atoms with Crippen molar-refractivity contribution in [2.75, 3.05) is 32.2 Å². The van der Waals surface area contributed by atoms with Crippen LogP contribution >= 0.6 is 0 Å². The summed E-state index contributed by atoms with van der Waals surface area (Å²) < 4.78 is 12.7. The van der Waals surface area contributed by atoms with E-state index in [1.54, 1.807) is 32.9 Å². The molecule has 1 N–H and O–H groups in total. The van der Waals surface area contributed by atoms with Gasteiger partial charge in [-0.2, -0.15) is 0 Å². The zero-order valence-electron chi connectivity index (χ0n) is 20.5. The van der Waals surface area contributed by atoms with Crippen molar-refractivity contribution in [3.05, 3.63) is 60.6 Å². The van der Waals surface area contributed by atoms with Crippen LogP contribution in [0.25, 0.3) is 0 Å². The normalized spacial score (nSPS) is 15.9. The summed E-state index contributed by atoms with van der Waals surface area (Å²) in [6, 6.07) is 7.52. The van der Waals surface area contributed by atoms with Crippen LogP contribution in [0.4, 0.5) is 5.82 Å². The van der Waals surface area contributed by atoms with Crippen molar-refractivity contribution in [3.63, 3.8) is 0 Å². The Morgan fingerprint density at radius 3 is 2.77 bits per heavy atom. The number of hydrogen-bond acceptors (Lipinski definition) is 7. The van der Waals surface area contributed by atoms with Gasteiger partial charge in [0.2, 0.25) is 5.91 Å². The SMILES string of the molecule is COc1ccc(CCNC(=O)C2CCCCCN2c2ccnc(CCn3ccnc3)n2)cc1OC. The fourth-order valence-electron chi connectivity index (χ4n) is 4.46. The number of imidazole rings is 1. The van der Waals surface area contributed by atoms with E-state index in [-0.39, 0.29) is 11.9 Å². The minimum absolute atomic E-state index is 0.0472. The van der Waals surface area contributed by atoms with Crippen molar-refractivity contribution in [2.45, 2.75) is 51.1 Å². The molecule has 0 radical (unpaired) electrons. The van der Waals surface area contributed by atoms with Crippen LogP contribution in [0.15, 0.2) is 49.2 Å². The molecule has 4 rings (SSSR count). The molecule has 2 aromatic heterocycles. The largest absolute Gasteiger partial charge is 0.493 e. The van der Waals surface area contributed by atoms with E-state index in [1.165, 1.54) is 0 Å². The standard InChI is InChI=1S/C26H34N6O3/c1-34-22-8-7-20(18-23(22)35-2)9-12-29-26(33)21-6-4-3-5-15-32(21)25-10-13-28-24(30-25)11-16-31-17-14-27-19-31/h7-8,10,13-14,17-19,21H,3-6,9,11-12,15-16H2,1-2H3,(H,29,33). The van der Waals surface area contributed by atoms with Crippen LogP contribution in [-0.4, -0.2) is 58.8 Å². The molecule has 0 bridgehead atoms. The van der Waals surface area contributed by atoms with Crippen LogP contribution in [0.5, 0.6) is 11.5 Å². The Kier molecular flexibility index (Phi) is 8.53. The molecule has 1 fully saturated rings. The summed E-state index contributed by atoms with van der Waals surface area (Å²) in [5.74, 6) is 3.03. The summed E-state index contributed by atoms with van der Waals surface area (Å²) in [6.45, 7) is 2.13. The quantitative estimate of drug-likeness (QED) is 0.479. The molecule has 35 heavy (non-hydrogen) atoms. The Labute approximate surface area is 206 Å². The van der Waals surface area contributed by atoms with Gasteiger partial charge in [-0.25, -0.2) is 15.0 Å². The minimum atomic E-state index is -0.237. The van der Waals surface area contributed by atoms with E-state index in [2.05, 4.69) is 20.2 Å². The van der Waals surface area contributed by atoms with E-state index in [9.17, 15) is 4.79 Å². The molecule has 1 amide bonds. The topological polar surface area (TPSA) is 94.4 Å². The van der Waals surface area contributed by atoms with Gasteiger partial charge in [-0.1, -0.05) is 18.9 Å². The molecule has 1 saturated heterocycles. The average molecular weight is 479 g/mol. The number of aryl methyl sites for hydroxylation is 2. The number of hydrogen-bond donors (Lipinski definition) is 1. The molecule has 3 aromatic rings. The van der Waals surface area contributed by atoms with Gasteiger partial charge in [0.05, 0.1) is 20.5 Å². The smallest absolute Gasteiger partial charge is 0.242 e. The fourth-order valence-corrected chi connectivity index (χ4v) is 4.46. The van der Waals surface area contributed by atoms with Crippen molar-refractivity contribution >= 4 is 11.7 Å². The second-order valence-electron chi connectivity index (χ2n) is 8.67. The van der Waals surface area contributed by atoms with Gasteiger partial charge in [0.15, 0.2) is 11.5 Å². The lowest BCUT2D eigenvalue weighted by Crippen LogP contribution is -2.47. The zero-order chi connectivity index (χ0) is 24.5. The molecule has 1 aromatic carbocycles. The van der Waals surface area contributed by atoms with Gasteiger partial charge in [0.25, 0.3) is 0 Å². The number of methoxy groups -OCH3 is 2. The highest BCUT2D eigenvalue weighted by Gasteiger charge is 2.28. The molecule has 0 aliphatic carbocycles. The molecule has 9 heteroatoms. The molecule has 0 spiro atoms. The number of benzene rings is 1. The Balaban J connectivity index is 1.39. The maximum Gasteiger partial charge on any atom is 0.242 e. The van der Waals surface area contributed by atoms with Crippen LogP contribution < -0.4 is 19.7 Å². The molecule has 0 saturated carbocycles. The maximum atomic E-state index is 13.3. The van der Waals surface area contributed by atoms with Crippen LogP contribution in [0, 0.1) is 0 Å². The summed E-state index contributed by atoms with van der Waals surface area (Å²) in [5, 5.41) is 3.15. The van der Waals surface area contributed by atoms with Crippen molar-refractivity contribution < 1.29 is 14.3 Å². The van der Waals surface area contributed by atoms with Gasteiger partial charge in [-0.15, -0.1) is 0 Å². The maximum absolute atomic E-state index is 13.3. The summed E-state index contributed by atoms with van der Waals surface area (Å²) in [6.07, 6.45) is 12.7. The fraction of sp³-hybridized carbons (Fsp3) is 0.462. The van der Waals surface area contributed by atoms with E-state index < -0.39 is 0 Å². The van der Waals surface area contributed by atoms with Gasteiger partial charge in [-0.3, -0.25) is 4.79 Å². The highest BCUT2D eigenvalue weighted by atomic mass is 16.5. The third-order valence-corrected chi connectivity index (χ3v) is 6.35. The first-order valence-corrected chi connectivity index (χ1v) is 12.2. The monoisotopic (exact) mass is 478 g/mol. The molecular weight excluding hydrogens is 444 g/mol. The van der Waals surface area contributed by atoms with Gasteiger partial charge in [0, 0.05) is 44.6 Å². The predicted molar refractivity (Wildman–Crippen MR) is 134 cm³/mol. The number of carbonyl (C=O) groups excluding carboxylic acids is 1. The van der Waals surface area contributed by atoms with Gasteiger partial charge in [-0.05, 0) is 43.0 Å². The number of ether oxygens (including phenoxy) is 2. The second kappa shape index (κ2) is 12.2. The first kappa shape index (κ1) is 24.5. The van der Waals surface area contributed by atoms with Gasteiger partial charge in [0.1, 0.15) is 17.7 Å². The molecule has 1 aliphatic heterocycles. The van der Waals surface area contributed by atoms with E-state index >= 15 is 0 Å². The first-order chi connectivity index (χ1) is 17.2. The highest BCUT2D eigenvalue weighted by Crippen LogP contribution is 2.27. The number of nitrogens with zero attached hydrogens (tertiary/aromatic N) is 5. The lowest BCUT2D eigenvalue weighted by Gasteiger charge is -2.30. The minimum Gasteiger partial charge on any atom is -0.493 e. The lowest BCUT2D eigenvalue weighted by molar-refractivity contribution is -0.122. The predicted octanol–water partition coefficient (Wildman–Crippen LogP) is 3.04. The molecule has 1 aliphatic rings. The number of anilines is 1. The zero-order valence-corrected chi connectivity index (χ0v) is 20.5. The molecule has 9 nitrogen and oxygen atoms in total. The second-order valence-corrected chi connectivity index (χ2v) is 8.67. The van der Waals surface area contributed by atoms with Gasteiger partial charge < -0.3 is 24.3 Å². The molecule has 1 atom stereocenters. The number of rotatable bonds is 10. The molecular formula is C26H34N6O3. The number of amides is 1. The van der Waals surface area contributed by atoms with E-state index in [0.29, 0.717) is 30.9 Å². The molecule has 186 valence electrons. The highest BCUT2D eigenvalue weighted by molar-refractivity contribution is 5.85. The van der Waals surface area contributed by atoms with Crippen LogP contribution in [0.1, 0.15) is 37.1 Å². The summed E-state index contributed by atoms with van der Waals surface area (Å²) in [7, 11) is 3.25. The summed E-state index contributed by atoms with van der Waals surface area (Å²) in [5.41, 5.74) is 1.08. The number of carbonyl (C=O) groups is 1. The Bertz CT molecular complexity index is 1090. The van der Waals surface area contributed by atoms with Crippen molar-refractivity contribution in [1.82, 2.24) is 24.8 Å². The van der Waals surface area contributed by atoms with E-state index in [4.69, 9.17) is 14.5 Å². The summed E-state index contributed by atoms with van der Waals surface area (Å²) in [4.78, 5) is 28.8. The lowest BCUT2D eigenvalue weighted by atomic mass is 10.1. The Morgan fingerprint density at radius 2 is 1.97 bits per heavy atom. The third kappa shape index (κ3) is 6.49. The average Bonchev–Trinajstić information content (AvgIpc) is 3.29. The summed E-state index contributed by atoms with van der Waals surface area (Å²) >= 11 is 0. The number of aromatic nitrogens is 4. The van der Waals surface area contributed by atoms with Crippen LogP contribution in [0.3, 0.4) is 0 Å². The van der Waals surface area contributed by atoms with E-state index in [0.717, 1.165) is 56.0 Å². The van der Waals surface area contributed by atoms with Gasteiger partial charge >= 0.3 is 0 Å². The first-order valence-electron chi connectivity index (χ1n) is 12.2. The van der Waals surface area contributed by atoms with Crippen LogP contribution in [0.2, 0.25) is 0 Å². The Morgan fingerprint density at radius 1 is 1.09 bits per heavy atom.